The molecule has 13 heteroatoms. The summed E-state index contributed by atoms with van der Waals surface area (Å²) in [5.74, 6) is 0.410. The number of fused-ring (bicyclic) bond motifs is 2. The van der Waals surface area contributed by atoms with Gasteiger partial charge in [-0.25, -0.2) is 19.7 Å². The van der Waals surface area contributed by atoms with Crippen LogP contribution in [-0.2, 0) is 4.74 Å². The number of rotatable bonds is 6. The molecule has 40 heavy (non-hydrogen) atoms. The second-order valence-corrected chi connectivity index (χ2v) is 9.31. The van der Waals surface area contributed by atoms with E-state index >= 15 is 0 Å². The fourth-order valence-electron chi connectivity index (χ4n) is 4.76. The van der Waals surface area contributed by atoms with Crippen LogP contribution < -0.4 is 5.32 Å². The van der Waals surface area contributed by atoms with Crippen molar-refractivity contribution in [2.75, 3.05) is 44.7 Å². The van der Waals surface area contributed by atoms with Gasteiger partial charge in [0.25, 0.3) is 5.91 Å². The zero-order valence-corrected chi connectivity index (χ0v) is 22.1. The molecular formula is C27H28N10O3. The van der Waals surface area contributed by atoms with Gasteiger partial charge in [-0.2, -0.15) is 5.10 Å². The van der Waals surface area contributed by atoms with Gasteiger partial charge in [0.05, 0.1) is 41.6 Å². The first-order valence-corrected chi connectivity index (χ1v) is 13.1. The second-order valence-electron chi connectivity index (χ2n) is 9.31. The highest BCUT2D eigenvalue weighted by Gasteiger charge is 2.21. The Morgan fingerprint density at radius 1 is 1.05 bits per heavy atom. The normalized spacial score (nSPS) is 13.6. The number of nitrogens with one attached hydrogen (secondary N) is 3. The van der Waals surface area contributed by atoms with Crippen molar-refractivity contribution in [3.63, 3.8) is 0 Å². The first-order chi connectivity index (χ1) is 19.6. The van der Waals surface area contributed by atoms with Crippen LogP contribution in [0.15, 0.2) is 43.0 Å². The molecule has 1 fully saturated rings. The van der Waals surface area contributed by atoms with E-state index in [2.05, 4.69) is 40.4 Å². The Kier molecular flexibility index (Phi) is 6.78. The lowest BCUT2D eigenvalue weighted by Crippen LogP contribution is -2.43. The van der Waals surface area contributed by atoms with E-state index in [1.54, 1.807) is 40.7 Å². The Labute approximate surface area is 229 Å². The number of ether oxygens (including phenoxy) is 1. The minimum absolute atomic E-state index is 0.0842. The maximum Gasteiger partial charge on any atom is 0.322 e. The van der Waals surface area contributed by atoms with Crippen LogP contribution in [0.4, 0.5) is 10.5 Å². The molecule has 6 rings (SSSR count). The molecule has 0 aliphatic carbocycles. The number of morpholine rings is 1. The van der Waals surface area contributed by atoms with Crippen molar-refractivity contribution in [3.8, 4) is 22.6 Å². The summed E-state index contributed by atoms with van der Waals surface area (Å²) in [5, 5.41) is 11.0. The maximum atomic E-state index is 13.1. The largest absolute Gasteiger partial charge is 0.378 e. The summed E-state index contributed by atoms with van der Waals surface area (Å²) in [7, 11) is 0. The summed E-state index contributed by atoms with van der Waals surface area (Å²) in [6.45, 7) is 7.25. The van der Waals surface area contributed by atoms with Crippen LogP contribution in [0.1, 0.15) is 24.2 Å². The molecule has 13 nitrogen and oxygen atoms in total. The van der Waals surface area contributed by atoms with Gasteiger partial charge in [-0.05, 0) is 32.0 Å². The molecule has 5 aromatic heterocycles. The van der Waals surface area contributed by atoms with E-state index in [-0.39, 0.29) is 11.9 Å². The van der Waals surface area contributed by atoms with Crippen molar-refractivity contribution in [2.24, 2.45) is 0 Å². The molecule has 3 amide bonds. The van der Waals surface area contributed by atoms with Crippen LogP contribution >= 0.6 is 0 Å². The molecule has 0 saturated carbocycles. The average Bonchev–Trinajstić information content (AvgIpc) is 3.62. The van der Waals surface area contributed by atoms with Crippen LogP contribution in [0.25, 0.3) is 44.8 Å². The predicted octanol–water partition coefficient (Wildman–Crippen LogP) is 3.30. The van der Waals surface area contributed by atoms with E-state index in [1.807, 2.05) is 26.0 Å². The van der Waals surface area contributed by atoms with Crippen molar-refractivity contribution in [1.29, 1.82) is 0 Å². The zero-order chi connectivity index (χ0) is 27.6. The van der Waals surface area contributed by atoms with E-state index in [1.165, 1.54) is 0 Å². The zero-order valence-electron chi connectivity index (χ0n) is 22.1. The summed E-state index contributed by atoms with van der Waals surface area (Å²) < 4.78 is 5.32. The summed E-state index contributed by atoms with van der Waals surface area (Å²) in [6, 6.07) is 5.30. The van der Waals surface area contributed by atoms with Gasteiger partial charge >= 0.3 is 6.03 Å². The maximum absolute atomic E-state index is 13.1. The van der Waals surface area contributed by atoms with Gasteiger partial charge in [0, 0.05) is 55.9 Å². The van der Waals surface area contributed by atoms with E-state index < -0.39 is 0 Å². The minimum atomic E-state index is -0.190. The van der Waals surface area contributed by atoms with Crippen molar-refractivity contribution < 1.29 is 14.3 Å². The van der Waals surface area contributed by atoms with Crippen LogP contribution in [0.5, 0.6) is 0 Å². The van der Waals surface area contributed by atoms with Gasteiger partial charge in [-0.3, -0.25) is 14.9 Å². The highest BCUT2D eigenvalue weighted by Crippen LogP contribution is 2.30. The fourth-order valence-corrected chi connectivity index (χ4v) is 4.76. The third-order valence-corrected chi connectivity index (χ3v) is 6.94. The number of aromatic amines is 2. The lowest BCUT2D eigenvalue weighted by atomic mass is 10.1. The van der Waals surface area contributed by atoms with E-state index in [0.29, 0.717) is 79.0 Å². The Morgan fingerprint density at radius 2 is 1.85 bits per heavy atom. The first-order valence-electron chi connectivity index (χ1n) is 13.1. The van der Waals surface area contributed by atoms with Gasteiger partial charge in [0.1, 0.15) is 5.69 Å². The monoisotopic (exact) mass is 540 g/mol. The van der Waals surface area contributed by atoms with Crippen LogP contribution in [0.2, 0.25) is 0 Å². The Morgan fingerprint density at radius 3 is 2.65 bits per heavy atom. The molecule has 3 N–H and O–H groups in total. The van der Waals surface area contributed by atoms with E-state index in [0.717, 1.165) is 16.5 Å². The van der Waals surface area contributed by atoms with Crippen LogP contribution in [0.3, 0.4) is 0 Å². The third kappa shape index (κ3) is 4.71. The van der Waals surface area contributed by atoms with Gasteiger partial charge in [-0.1, -0.05) is 0 Å². The molecule has 0 radical (unpaired) electrons. The van der Waals surface area contributed by atoms with Gasteiger partial charge in [-0.15, -0.1) is 0 Å². The molecule has 204 valence electrons. The van der Waals surface area contributed by atoms with E-state index in [9.17, 15) is 9.59 Å². The summed E-state index contributed by atoms with van der Waals surface area (Å²) in [5.41, 5.74) is 4.79. The van der Waals surface area contributed by atoms with Gasteiger partial charge < -0.3 is 24.8 Å². The van der Waals surface area contributed by atoms with Crippen molar-refractivity contribution in [3.05, 3.63) is 48.5 Å². The number of hydrogen-bond donors (Lipinski definition) is 3. The third-order valence-electron chi connectivity index (χ3n) is 6.94. The number of hydrogen-bond acceptors (Lipinski definition) is 8. The van der Waals surface area contributed by atoms with Gasteiger partial charge in [0.2, 0.25) is 0 Å². The Bertz CT molecular complexity index is 1700. The van der Waals surface area contributed by atoms with Gasteiger partial charge in [0.15, 0.2) is 17.1 Å². The van der Waals surface area contributed by atoms with Crippen LogP contribution in [-0.4, -0.2) is 96.2 Å². The Balaban J connectivity index is 1.32. The smallest absolute Gasteiger partial charge is 0.322 e. The number of urea groups is 1. The number of carbonyl (C=O) groups excluding carboxylic acids is 2. The molecule has 0 unspecified atom stereocenters. The quantitative estimate of drug-likeness (QED) is 0.296. The molecule has 0 aromatic carbocycles. The number of amides is 3. The average molecular weight is 541 g/mol. The van der Waals surface area contributed by atoms with Crippen molar-refractivity contribution in [2.45, 2.75) is 13.8 Å². The molecule has 0 bridgehead atoms. The molecular weight excluding hydrogens is 512 g/mol. The molecule has 0 atom stereocenters. The topological polar surface area (TPSA) is 158 Å². The second kappa shape index (κ2) is 10.7. The van der Waals surface area contributed by atoms with Crippen LogP contribution in [0, 0.1) is 0 Å². The van der Waals surface area contributed by atoms with E-state index in [4.69, 9.17) is 4.74 Å². The number of imidazole rings is 1. The number of carbonyl (C=O) groups is 2. The molecule has 6 heterocycles. The predicted molar refractivity (Wildman–Crippen MR) is 149 cm³/mol. The van der Waals surface area contributed by atoms with Crippen molar-refractivity contribution in [1.82, 2.24) is 44.9 Å². The summed E-state index contributed by atoms with van der Waals surface area (Å²) in [4.78, 5) is 50.3. The SMILES string of the molecule is CCN(CC)C(=O)c1ccnc2nc(-c3[nH]nc4ncc(-c5cncc(NC(=O)N6CCOCC6)c5)cc34)[nH]c12. The molecule has 1 aliphatic rings. The minimum Gasteiger partial charge on any atom is -0.378 e. The number of pyridine rings is 3. The summed E-state index contributed by atoms with van der Waals surface area (Å²) >= 11 is 0. The lowest BCUT2D eigenvalue weighted by molar-refractivity contribution is 0.0564. The standard InChI is InChI=1S/C27H28N10O3/c1-3-36(4-2)26(38)19-5-6-29-24-21(19)32-25(33-24)22-20-12-17(14-30-23(20)35-34-22)16-11-18(15-28-13-16)31-27(39)37-7-9-40-10-8-37/h5-6,11-15H,3-4,7-10H2,1-2H3,(H,31,39)(H,29,32,33)(H,30,34,35). The lowest BCUT2D eigenvalue weighted by Gasteiger charge is -2.26. The highest BCUT2D eigenvalue weighted by molar-refractivity contribution is 6.05. The molecule has 1 aliphatic heterocycles. The highest BCUT2D eigenvalue weighted by atomic mass is 16.5. The molecule has 0 spiro atoms. The summed E-state index contributed by atoms with van der Waals surface area (Å²) in [6.07, 6.45) is 6.61. The number of anilines is 1. The first kappa shape index (κ1) is 25.4. The fraction of sp³-hybridized carbons (Fsp3) is 0.296. The number of aromatic nitrogens is 7. The number of H-pyrrole nitrogens is 2. The molecule has 1 saturated heterocycles. The van der Waals surface area contributed by atoms with Crippen molar-refractivity contribution >= 4 is 39.8 Å². The number of nitrogens with zero attached hydrogens (tertiary/aromatic N) is 7. The molecule has 5 aromatic rings. The Hall–Kier alpha value is -4.91.